The summed E-state index contributed by atoms with van der Waals surface area (Å²) < 4.78 is 13.6. The molecule has 2 aromatic rings. The zero-order chi connectivity index (χ0) is 14.9. The van der Waals surface area contributed by atoms with Crippen molar-refractivity contribution in [2.24, 2.45) is 0 Å². The first-order valence-electron chi connectivity index (χ1n) is 6.87. The average Bonchev–Trinajstić information content (AvgIpc) is 2.36. The smallest absolute Gasteiger partial charge is 0.143 e. The average molecular weight is 295 g/mol. The lowest BCUT2D eigenvalue weighted by Gasteiger charge is -2.23. The second kappa shape index (κ2) is 5.57. The molecule has 0 aliphatic rings. The van der Waals surface area contributed by atoms with Crippen LogP contribution in [-0.2, 0) is 5.41 Å². The standard InChI is InChI=1S/C16H20ClFN2/c1-5-6-19-15-11(16(2,3)4)7-10-8-12(17)13(18)9-14(10)20-15/h7-9H,5-6H2,1-4H3,(H,19,20). The van der Waals surface area contributed by atoms with Crippen LogP contribution < -0.4 is 5.32 Å². The second-order valence-electron chi connectivity index (χ2n) is 6.02. The molecule has 0 aliphatic heterocycles. The minimum absolute atomic E-state index is 0.0435. The molecule has 0 saturated carbocycles. The monoisotopic (exact) mass is 294 g/mol. The van der Waals surface area contributed by atoms with Crippen LogP contribution in [0.3, 0.4) is 0 Å². The maximum absolute atomic E-state index is 13.6. The number of nitrogens with one attached hydrogen (secondary N) is 1. The Morgan fingerprint density at radius 3 is 2.55 bits per heavy atom. The van der Waals surface area contributed by atoms with Crippen molar-refractivity contribution >= 4 is 28.3 Å². The van der Waals surface area contributed by atoms with Gasteiger partial charge in [0.2, 0.25) is 0 Å². The molecule has 4 heteroatoms. The molecule has 0 bridgehead atoms. The van der Waals surface area contributed by atoms with Gasteiger partial charge in [0.15, 0.2) is 0 Å². The third-order valence-corrected chi connectivity index (χ3v) is 3.50. The molecule has 0 spiro atoms. The molecule has 0 atom stereocenters. The van der Waals surface area contributed by atoms with Crippen LogP contribution in [-0.4, -0.2) is 11.5 Å². The Hall–Kier alpha value is -1.35. The van der Waals surface area contributed by atoms with E-state index in [9.17, 15) is 4.39 Å². The Morgan fingerprint density at radius 2 is 1.95 bits per heavy atom. The molecular formula is C16H20ClFN2. The zero-order valence-corrected chi connectivity index (χ0v) is 13.1. The summed E-state index contributed by atoms with van der Waals surface area (Å²) in [5.41, 5.74) is 1.69. The van der Waals surface area contributed by atoms with Gasteiger partial charge in [-0.1, -0.05) is 39.3 Å². The van der Waals surface area contributed by atoms with Gasteiger partial charge in [0.1, 0.15) is 11.6 Å². The topological polar surface area (TPSA) is 24.9 Å². The van der Waals surface area contributed by atoms with Crippen LogP contribution in [0.25, 0.3) is 10.9 Å². The zero-order valence-electron chi connectivity index (χ0n) is 12.3. The number of benzene rings is 1. The van der Waals surface area contributed by atoms with Crippen molar-refractivity contribution in [1.29, 1.82) is 0 Å². The Balaban J connectivity index is 2.64. The predicted octanol–water partition coefficient (Wildman–Crippen LogP) is 5.15. The molecule has 1 aromatic carbocycles. The number of hydrogen-bond acceptors (Lipinski definition) is 2. The van der Waals surface area contributed by atoms with Gasteiger partial charge in [0.05, 0.1) is 10.5 Å². The van der Waals surface area contributed by atoms with E-state index >= 15 is 0 Å². The van der Waals surface area contributed by atoms with Gasteiger partial charge in [-0.2, -0.15) is 0 Å². The highest BCUT2D eigenvalue weighted by molar-refractivity contribution is 6.31. The maximum Gasteiger partial charge on any atom is 0.143 e. The van der Waals surface area contributed by atoms with E-state index in [0.29, 0.717) is 5.52 Å². The van der Waals surface area contributed by atoms with Crippen molar-refractivity contribution in [2.75, 3.05) is 11.9 Å². The predicted molar refractivity (Wildman–Crippen MR) is 84.2 cm³/mol. The van der Waals surface area contributed by atoms with Crippen LogP contribution in [0.5, 0.6) is 0 Å². The van der Waals surface area contributed by atoms with Crippen molar-refractivity contribution < 1.29 is 4.39 Å². The molecule has 0 saturated heterocycles. The highest BCUT2D eigenvalue weighted by Gasteiger charge is 2.20. The maximum atomic E-state index is 13.6. The normalized spacial score (nSPS) is 11.9. The number of fused-ring (bicyclic) bond motifs is 1. The molecule has 2 rings (SSSR count). The summed E-state index contributed by atoms with van der Waals surface area (Å²) in [4.78, 5) is 4.57. The van der Waals surface area contributed by atoms with Gasteiger partial charge in [0, 0.05) is 23.6 Å². The van der Waals surface area contributed by atoms with Crippen LogP contribution in [0, 0.1) is 5.82 Å². The largest absolute Gasteiger partial charge is 0.370 e. The minimum atomic E-state index is -0.434. The first kappa shape index (κ1) is 15.0. The molecule has 1 heterocycles. The van der Waals surface area contributed by atoms with E-state index in [4.69, 9.17) is 11.6 Å². The van der Waals surface area contributed by atoms with Crippen molar-refractivity contribution in [3.05, 3.63) is 34.6 Å². The van der Waals surface area contributed by atoms with Crippen LogP contribution in [0.2, 0.25) is 5.02 Å². The SMILES string of the molecule is CCCNc1nc2cc(F)c(Cl)cc2cc1C(C)(C)C. The molecule has 0 radical (unpaired) electrons. The number of anilines is 1. The molecule has 0 unspecified atom stereocenters. The Kier molecular flexibility index (Phi) is 4.19. The Bertz CT molecular complexity index is 632. The lowest BCUT2D eigenvalue weighted by Crippen LogP contribution is -2.16. The fourth-order valence-electron chi connectivity index (χ4n) is 2.12. The molecule has 2 nitrogen and oxygen atoms in total. The summed E-state index contributed by atoms with van der Waals surface area (Å²) >= 11 is 5.86. The van der Waals surface area contributed by atoms with Crippen molar-refractivity contribution in [3.63, 3.8) is 0 Å². The molecule has 0 aliphatic carbocycles. The lowest BCUT2D eigenvalue weighted by molar-refractivity contribution is 0.590. The van der Waals surface area contributed by atoms with Crippen LogP contribution in [0.1, 0.15) is 39.7 Å². The number of pyridine rings is 1. The molecule has 0 fully saturated rings. The van der Waals surface area contributed by atoms with E-state index < -0.39 is 5.82 Å². The fraction of sp³-hybridized carbons (Fsp3) is 0.438. The molecule has 0 amide bonds. The summed E-state index contributed by atoms with van der Waals surface area (Å²) in [5.74, 6) is 0.394. The van der Waals surface area contributed by atoms with Crippen LogP contribution >= 0.6 is 11.6 Å². The summed E-state index contributed by atoms with van der Waals surface area (Å²) in [6.45, 7) is 9.36. The number of nitrogens with zero attached hydrogens (tertiary/aromatic N) is 1. The summed E-state index contributed by atoms with van der Waals surface area (Å²) in [6, 6.07) is 5.07. The number of rotatable bonds is 3. The number of halogens is 2. The summed E-state index contributed by atoms with van der Waals surface area (Å²) in [7, 11) is 0. The van der Waals surface area contributed by atoms with Gasteiger partial charge in [-0.3, -0.25) is 0 Å². The van der Waals surface area contributed by atoms with Crippen LogP contribution in [0.15, 0.2) is 18.2 Å². The van der Waals surface area contributed by atoms with E-state index in [1.54, 1.807) is 6.07 Å². The summed E-state index contributed by atoms with van der Waals surface area (Å²) in [5, 5.41) is 4.33. The molecule has 20 heavy (non-hydrogen) atoms. The van der Waals surface area contributed by atoms with E-state index in [1.807, 2.05) is 6.07 Å². The fourth-order valence-corrected chi connectivity index (χ4v) is 2.29. The third-order valence-electron chi connectivity index (χ3n) is 3.21. The van der Waals surface area contributed by atoms with Crippen molar-refractivity contribution in [3.8, 4) is 0 Å². The molecule has 1 aromatic heterocycles. The van der Waals surface area contributed by atoms with E-state index in [-0.39, 0.29) is 10.4 Å². The minimum Gasteiger partial charge on any atom is -0.370 e. The summed E-state index contributed by atoms with van der Waals surface area (Å²) in [6.07, 6.45) is 1.01. The Labute approximate surface area is 124 Å². The Morgan fingerprint density at radius 1 is 1.25 bits per heavy atom. The van der Waals surface area contributed by atoms with Gasteiger partial charge in [-0.25, -0.2) is 9.37 Å². The van der Waals surface area contributed by atoms with Crippen molar-refractivity contribution in [2.45, 2.75) is 39.5 Å². The van der Waals surface area contributed by atoms with Crippen LogP contribution in [0.4, 0.5) is 10.2 Å². The van der Waals surface area contributed by atoms with Crippen molar-refractivity contribution in [1.82, 2.24) is 4.98 Å². The van der Waals surface area contributed by atoms with E-state index in [1.165, 1.54) is 6.07 Å². The van der Waals surface area contributed by atoms with Gasteiger partial charge < -0.3 is 5.32 Å². The first-order chi connectivity index (χ1) is 9.32. The molecular weight excluding hydrogens is 275 g/mol. The third kappa shape index (κ3) is 3.04. The first-order valence-corrected chi connectivity index (χ1v) is 7.25. The van der Waals surface area contributed by atoms with Gasteiger partial charge in [0.25, 0.3) is 0 Å². The number of hydrogen-bond donors (Lipinski definition) is 1. The van der Waals surface area contributed by atoms with E-state index in [0.717, 1.165) is 29.7 Å². The molecule has 1 N–H and O–H groups in total. The van der Waals surface area contributed by atoms with Gasteiger partial charge in [-0.15, -0.1) is 0 Å². The quantitative estimate of drug-likeness (QED) is 0.847. The highest BCUT2D eigenvalue weighted by Crippen LogP contribution is 2.32. The highest BCUT2D eigenvalue weighted by atomic mass is 35.5. The van der Waals surface area contributed by atoms with Gasteiger partial charge in [-0.05, 0) is 24.0 Å². The lowest BCUT2D eigenvalue weighted by atomic mass is 9.86. The second-order valence-corrected chi connectivity index (χ2v) is 6.43. The molecule has 108 valence electrons. The van der Waals surface area contributed by atoms with E-state index in [2.05, 4.69) is 38.0 Å². The van der Waals surface area contributed by atoms with Gasteiger partial charge >= 0.3 is 0 Å². The number of aromatic nitrogens is 1.